The quantitative estimate of drug-likeness (QED) is 0.360. The zero-order chi connectivity index (χ0) is 13.8. The minimum atomic E-state index is -0.387. The average Bonchev–Trinajstić information content (AvgIpc) is 2.36. The summed E-state index contributed by atoms with van der Waals surface area (Å²) in [6, 6.07) is 10.6. The number of nitro groups is 1. The lowest BCUT2D eigenvalue weighted by Crippen LogP contribution is -1.88. The van der Waals surface area contributed by atoms with Gasteiger partial charge in [-0.1, -0.05) is 12.1 Å². The number of thioether (sulfide) groups is 1. The number of rotatable bonds is 4. The highest BCUT2D eigenvalue weighted by atomic mass is 32.2. The molecule has 0 atom stereocenters. The van der Waals surface area contributed by atoms with Crippen LogP contribution in [0.1, 0.15) is 17.1 Å². The molecule has 0 fully saturated rings. The van der Waals surface area contributed by atoms with Crippen molar-refractivity contribution in [1.29, 1.82) is 0 Å². The monoisotopic (exact) mass is 276 g/mol. The molecule has 2 rings (SSSR count). The Hall–Kier alpha value is -1.88. The van der Waals surface area contributed by atoms with E-state index in [0.717, 1.165) is 27.7 Å². The van der Waals surface area contributed by atoms with Gasteiger partial charge in [0, 0.05) is 22.8 Å². The van der Waals surface area contributed by atoms with Gasteiger partial charge in [-0.3, -0.25) is 10.1 Å². The second kappa shape index (κ2) is 5.84. The van der Waals surface area contributed by atoms with Crippen molar-refractivity contribution in [2.24, 2.45) is 0 Å². The van der Waals surface area contributed by atoms with Crippen molar-refractivity contribution in [2.45, 2.75) is 24.5 Å². The van der Waals surface area contributed by atoms with Gasteiger partial charge in [0.25, 0.3) is 5.69 Å². The SMILES string of the molecule is Cc1cc(SCc2ccc([N+](=O)[O-])cc2)cc(C)[o+]1. The van der Waals surface area contributed by atoms with E-state index in [-0.39, 0.29) is 10.6 Å². The van der Waals surface area contributed by atoms with Crippen LogP contribution in [0.15, 0.2) is 45.7 Å². The maximum absolute atomic E-state index is 10.6. The summed E-state index contributed by atoms with van der Waals surface area (Å²) in [5, 5.41) is 10.6. The smallest absolute Gasteiger partial charge is 0.258 e. The van der Waals surface area contributed by atoms with Gasteiger partial charge in [-0.2, -0.15) is 0 Å². The molecule has 5 heteroatoms. The molecule has 2 aromatic rings. The third kappa shape index (κ3) is 3.79. The van der Waals surface area contributed by atoms with Gasteiger partial charge in [0.15, 0.2) is 0 Å². The number of aryl methyl sites for hydroxylation is 2. The molecule has 0 spiro atoms. The maximum atomic E-state index is 10.6. The minimum Gasteiger partial charge on any atom is -0.258 e. The Labute approximate surface area is 115 Å². The molecular formula is C14H14NO3S+. The van der Waals surface area contributed by atoms with Gasteiger partial charge in [0.2, 0.25) is 0 Å². The van der Waals surface area contributed by atoms with Crippen LogP contribution in [-0.4, -0.2) is 4.92 Å². The second-order valence-electron chi connectivity index (χ2n) is 4.23. The summed E-state index contributed by atoms with van der Waals surface area (Å²) in [5.41, 5.74) is 1.19. The zero-order valence-corrected chi connectivity index (χ0v) is 11.6. The molecule has 0 unspecified atom stereocenters. The fraction of sp³-hybridized carbons (Fsp3) is 0.214. The van der Waals surface area contributed by atoms with Gasteiger partial charge in [-0.15, -0.1) is 11.8 Å². The van der Waals surface area contributed by atoms with E-state index in [1.807, 2.05) is 26.0 Å². The van der Waals surface area contributed by atoms with Gasteiger partial charge < -0.3 is 0 Å². The van der Waals surface area contributed by atoms with Crippen LogP contribution in [0.3, 0.4) is 0 Å². The van der Waals surface area contributed by atoms with Gasteiger partial charge >= 0.3 is 11.5 Å². The molecule has 0 saturated carbocycles. The Kier molecular flexibility index (Phi) is 4.16. The van der Waals surface area contributed by atoms with Gasteiger partial charge in [-0.25, -0.2) is 4.42 Å². The summed E-state index contributed by atoms with van der Waals surface area (Å²) in [7, 11) is 0. The van der Waals surface area contributed by atoms with Crippen molar-refractivity contribution in [1.82, 2.24) is 0 Å². The van der Waals surface area contributed by atoms with Crippen LogP contribution in [0.4, 0.5) is 5.69 Å². The number of benzene rings is 1. The Bertz CT molecular complexity index is 576. The fourth-order valence-corrected chi connectivity index (χ4v) is 2.74. The van der Waals surface area contributed by atoms with E-state index in [9.17, 15) is 10.1 Å². The first-order valence-corrected chi connectivity index (χ1v) is 6.81. The molecular weight excluding hydrogens is 262 g/mol. The fourth-order valence-electron chi connectivity index (χ4n) is 1.72. The first kappa shape index (κ1) is 13.5. The van der Waals surface area contributed by atoms with Crippen LogP contribution >= 0.6 is 11.8 Å². The van der Waals surface area contributed by atoms with Gasteiger partial charge in [0.1, 0.15) is 0 Å². The van der Waals surface area contributed by atoms with E-state index in [1.165, 1.54) is 12.1 Å². The molecule has 19 heavy (non-hydrogen) atoms. The Balaban J connectivity index is 2.03. The summed E-state index contributed by atoms with van der Waals surface area (Å²) < 4.78 is 5.42. The topological polar surface area (TPSA) is 54.4 Å². The van der Waals surface area contributed by atoms with Crippen molar-refractivity contribution < 1.29 is 9.34 Å². The normalized spacial score (nSPS) is 10.4. The summed E-state index contributed by atoms with van der Waals surface area (Å²) in [6.45, 7) is 3.84. The predicted molar refractivity (Wildman–Crippen MR) is 75.2 cm³/mol. The number of hydrogen-bond donors (Lipinski definition) is 0. The summed E-state index contributed by atoms with van der Waals surface area (Å²) in [4.78, 5) is 11.3. The first-order valence-electron chi connectivity index (χ1n) is 5.82. The van der Waals surface area contributed by atoms with Crippen molar-refractivity contribution >= 4 is 17.4 Å². The highest BCUT2D eigenvalue weighted by Crippen LogP contribution is 2.25. The van der Waals surface area contributed by atoms with E-state index in [1.54, 1.807) is 23.9 Å². The van der Waals surface area contributed by atoms with Gasteiger partial charge in [-0.05, 0) is 5.56 Å². The minimum absolute atomic E-state index is 0.124. The average molecular weight is 276 g/mol. The van der Waals surface area contributed by atoms with Crippen molar-refractivity contribution in [3.05, 3.63) is 63.6 Å². The van der Waals surface area contributed by atoms with Crippen LogP contribution in [0.5, 0.6) is 0 Å². The zero-order valence-electron chi connectivity index (χ0n) is 10.8. The first-order chi connectivity index (χ1) is 9.04. The molecule has 0 N–H and O–H groups in total. The third-order valence-electron chi connectivity index (χ3n) is 2.57. The van der Waals surface area contributed by atoms with Crippen LogP contribution in [0, 0.1) is 24.0 Å². The lowest BCUT2D eigenvalue weighted by molar-refractivity contribution is -0.384. The molecule has 98 valence electrons. The molecule has 0 aliphatic carbocycles. The van der Waals surface area contributed by atoms with Gasteiger partial charge in [0.05, 0.1) is 30.9 Å². The number of nitrogens with zero attached hydrogens (tertiary/aromatic N) is 1. The van der Waals surface area contributed by atoms with E-state index >= 15 is 0 Å². The van der Waals surface area contributed by atoms with E-state index in [4.69, 9.17) is 4.42 Å². The van der Waals surface area contributed by atoms with Crippen LogP contribution in [0.25, 0.3) is 0 Å². The summed E-state index contributed by atoms with van der Waals surface area (Å²) in [6.07, 6.45) is 0. The molecule has 0 bridgehead atoms. The number of hydrogen-bond acceptors (Lipinski definition) is 3. The largest absolute Gasteiger partial charge is 0.327 e. The predicted octanol–water partition coefficient (Wildman–Crippen LogP) is 4.38. The highest BCUT2D eigenvalue weighted by molar-refractivity contribution is 7.98. The molecule has 0 saturated heterocycles. The third-order valence-corrected chi connectivity index (χ3v) is 3.61. The van der Waals surface area contributed by atoms with E-state index in [2.05, 4.69) is 0 Å². The Morgan fingerprint density at radius 3 is 2.26 bits per heavy atom. The Morgan fingerprint density at radius 1 is 1.16 bits per heavy atom. The Morgan fingerprint density at radius 2 is 1.74 bits per heavy atom. The van der Waals surface area contributed by atoms with Crippen molar-refractivity contribution in [3.63, 3.8) is 0 Å². The second-order valence-corrected chi connectivity index (χ2v) is 5.28. The van der Waals surface area contributed by atoms with E-state index < -0.39 is 0 Å². The molecule has 0 amide bonds. The summed E-state index contributed by atoms with van der Waals surface area (Å²) >= 11 is 1.69. The molecule has 0 radical (unpaired) electrons. The van der Waals surface area contributed by atoms with E-state index in [0.29, 0.717) is 0 Å². The van der Waals surface area contributed by atoms with Crippen molar-refractivity contribution in [2.75, 3.05) is 0 Å². The lowest BCUT2D eigenvalue weighted by Gasteiger charge is -2.01. The number of non-ortho nitro benzene ring substituents is 1. The molecule has 1 aromatic heterocycles. The molecule has 1 heterocycles. The van der Waals surface area contributed by atoms with Crippen LogP contribution < -0.4 is 0 Å². The molecule has 0 aliphatic rings. The maximum Gasteiger partial charge on any atom is 0.327 e. The summed E-state index contributed by atoms with van der Waals surface area (Å²) in [5.74, 6) is 2.54. The standard InChI is InChI=1S/C14H14NO3S/c1-10-7-14(8-11(2)18-10)19-9-12-3-5-13(6-4-12)15(16)17/h3-8H,9H2,1-2H3/q+1. The highest BCUT2D eigenvalue weighted by Gasteiger charge is 2.09. The molecule has 1 aromatic carbocycles. The van der Waals surface area contributed by atoms with Crippen LogP contribution in [-0.2, 0) is 5.75 Å². The van der Waals surface area contributed by atoms with Crippen molar-refractivity contribution in [3.8, 4) is 0 Å². The lowest BCUT2D eigenvalue weighted by atomic mass is 10.2. The molecule has 4 nitrogen and oxygen atoms in total. The molecule has 0 aliphatic heterocycles. The van der Waals surface area contributed by atoms with Crippen LogP contribution in [0.2, 0.25) is 0 Å². The number of nitro benzene ring substituents is 1.